The van der Waals surface area contributed by atoms with Crippen LogP contribution in [0.2, 0.25) is 5.15 Å². The summed E-state index contributed by atoms with van der Waals surface area (Å²) in [6, 6.07) is 0.146. The number of hydrogen-bond acceptors (Lipinski definition) is 5. The van der Waals surface area contributed by atoms with Gasteiger partial charge in [0, 0.05) is 13.1 Å². The number of piperidine rings is 1. The van der Waals surface area contributed by atoms with Crippen molar-refractivity contribution in [1.29, 1.82) is 0 Å². The van der Waals surface area contributed by atoms with Gasteiger partial charge in [-0.25, -0.2) is 4.98 Å². The Kier molecular flexibility index (Phi) is 2.99. The van der Waals surface area contributed by atoms with Crippen molar-refractivity contribution in [3.63, 3.8) is 0 Å². The summed E-state index contributed by atoms with van der Waals surface area (Å²) in [6.07, 6.45) is 2.61. The highest BCUT2D eigenvalue weighted by atomic mass is 35.5. The normalized spacial score (nSPS) is 26.9. The molecule has 2 saturated heterocycles. The molecule has 0 spiro atoms. The van der Waals surface area contributed by atoms with Crippen molar-refractivity contribution in [1.82, 2.24) is 10.3 Å². The first-order chi connectivity index (χ1) is 8.70. The number of aromatic nitrogens is 1. The molecule has 96 valence electrons. The maximum absolute atomic E-state index is 11.7. The molecule has 3 heterocycles. The Morgan fingerprint density at radius 2 is 2.39 bits per heavy atom. The van der Waals surface area contributed by atoms with Crippen LogP contribution in [0.25, 0.3) is 0 Å². The fourth-order valence-corrected chi connectivity index (χ4v) is 3.83. The molecule has 18 heavy (non-hydrogen) atoms. The first-order valence-electron chi connectivity index (χ1n) is 5.86. The zero-order valence-electron chi connectivity index (χ0n) is 9.56. The van der Waals surface area contributed by atoms with Gasteiger partial charge in [-0.15, -0.1) is 0 Å². The van der Waals surface area contributed by atoms with Gasteiger partial charge in [-0.3, -0.25) is 9.59 Å². The van der Waals surface area contributed by atoms with E-state index in [1.807, 2.05) is 0 Å². The quantitative estimate of drug-likeness (QED) is 0.833. The van der Waals surface area contributed by atoms with Gasteiger partial charge in [0.1, 0.15) is 4.88 Å². The SMILES string of the molecule is O=Cc1sc(N2CCCC3C(=O)NCC32)nc1Cl. The largest absolute Gasteiger partial charge is 0.354 e. The van der Waals surface area contributed by atoms with Crippen LogP contribution in [0, 0.1) is 5.92 Å². The Bertz CT molecular complexity index is 504. The third-order valence-corrected chi connectivity index (χ3v) is 4.97. The van der Waals surface area contributed by atoms with E-state index >= 15 is 0 Å². The summed E-state index contributed by atoms with van der Waals surface area (Å²) in [5, 5.41) is 3.89. The standard InChI is InChI=1S/C11H12ClN3O2S/c12-9-8(5-16)18-11(14-9)15-3-1-2-6-7(15)4-13-10(6)17/h5-7H,1-4H2,(H,13,17). The number of carbonyl (C=O) groups excluding carboxylic acids is 2. The molecule has 5 nitrogen and oxygen atoms in total. The molecule has 3 rings (SSSR count). The van der Waals surface area contributed by atoms with Gasteiger partial charge in [0.2, 0.25) is 5.91 Å². The van der Waals surface area contributed by atoms with Crippen LogP contribution in [0.1, 0.15) is 22.5 Å². The molecule has 1 N–H and O–H groups in total. The first-order valence-corrected chi connectivity index (χ1v) is 7.06. The zero-order valence-corrected chi connectivity index (χ0v) is 11.1. The van der Waals surface area contributed by atoms with Gasteiger partial charge in [-0.1, -0.05) is 22.9 Å². The maximum Gasteiger partial charge on any atom is 0.225 e. The molecule has 1 aromatic rings. The van der Waals surface area contributed by atoms with E-state index in [0.717, 1.165) is 30.8 Å². The van der Waals surface area contributed by atoms with E-state index in [-0.39, 0.29) is 23.0 Å². The fourth-order valence-electron chi connectivity index (χ4n) is 2.69. The molecule has 7 heteroatoms. The van der Waals surface area contributed by atoms with Crippen molar-refractivity contribution >= 4 is 40.3 Å². The second kappa shape index (κ2) is 4.51. The van der Waals surface area contributed by atoms with E-state index in [1.54, 1.807) is 0 Å². The van der Waals surface area contributed by atoms with Gasteiger partial charge in [0.15, 0.2) is 16.6 Å². The lowest BCUT2D eigenvalue weighted by Gasteiger charge is -2.35. The number of halogens is 1. The number of hydrogen-bond donors (Lipinski definition) is 1. The summed E-state index contributed by atoms with van der Waals surface area (Å²) in [6.45, 7) is 1.51. The highest BCUT2D eigenvalue weighted by Gasteiger charge is 2.41. The van der Waals surface area contributed by atoms with Crippen molar-refractivity contribution in [3.05, 3.63) is 10.0 Å². The molecule has 0 radical (unpaired) electrons. The van der Waals surface area contributed by atoms with Gasteiger partial charge in [0.25, 0.3) is 0 Å². The van der Waals surface area contributed by atoms with Crippen LogP contribution >= 0.6 is 22.9 Å². The molecule has 2 unspecified atom stereocenters. The second-order valence-electron chi connectivity index (χ2n) is 4.52. The lowest BCUT2D eigenvalue weighted by Crippen LogP contribution is -2.45. The summed E-state index contributed by atoms with van der Waals surface area (Å²) in [4.78, 5) is 29.3. The van der Waals surface area contributed by atoms with Crippen LogP contribution in [-0.2, 0) is 4.79 Å². The molecule has 1 aromatic heterocycles. The van der Waals surface area contributed by atoms with Crippen molar-refractivity contribution in [2.45, 2.75) is 18.9 Å². The van der Waals surface area contributed by atoms with Crippen LogP contribution in [0.15, 0.2) is 0 Å². The first kappa shape index (κ1) is 11.9. The van der Waals surface area contributed by atoms with E-state index < -0.39 is 0 Å². The smallest absolute Gasteiger partial charge is 0.225 e. The fraction of sp³-hybridized carbons (Fsp3) is 0.545. The average Bonchev–Trinajstić information content (AvgIpc) is 2.93. The van der Waals surface area contributed by atoms with Crippen molar-refractivity contribution in [2.24, 2.45) is 5.92 Å². The van der Waals surface area contributed by atoms with Gasteiger partial charge >= 0.3 is 0 Å². The predicted octanol–water partition coefficient (Wildman–Crippen LogP) is 1.32. The van der Waals surface area contributed by atoms with Crippen molar-refractivity contribution < 1.29 is 9.59 Å². The monoisotopic (exact) mass is 285 g/mol. The Morgan fingerprint density at radius 1 is 1.56 bits per heavy atom. The summed E-state index contributed by atoms with van der Waals surface area (Å²) in [5.74, 6) is 0.170. The number of thiazole rings is 1. The average molecular weight is 286 g/mol. The summed E-state index contributed by atoms with van der Waals surface area (Å²) >= 11 is 7.19. The highest BCUT2D eigenvalue weighted by Crippen LogP contribution is 2.35. The minimum atomic E-state index is 0.0427. The Balaban J connectivity index is 1.90. The number of fused-ring (bicyclic) bond motifs is 1. The van der Waals surface area contributed by atoms with Gasteiger partial charge < -0.3 is 10.2 Å². The van der Waals surface area contributed by atoms with E-state index in [1.165, 1.54) is 11.3 Å². The van der Waals surface area contributed by atoms with E-state index in [9.17, 15) is 9.59 Å². The minimum absolute atomic E-state index is 0.0427. The molecular formula is C11H12ClN3O2S. The van der Waals surface area contributed by atoms with Gasteiger partial charge in [0.05, 0.1) is 12.0 Å². The summed E-state index contributed by atoms with van der Waals surface area (Å²) < 4.78 is 0. The number of amides is 1. The molecular weight excluding hydrogens is 274 g/mol. The molecule has 0 saturated carbocycles. The van der Waals surface area contributed by atoms with Crippen molar-refractivity contribution in [3.8, 4) is 0 Å². The van der Waals surface area contributed by atoms with E-state index in [4.69, 9.17) is 11.6 Å². The van der Waals surface area contributed by atoms with Gasteiger partial charge in [-0.2, -0.15) is 0 Å². The van der Waals surface area contributed by atoms with Crippen LogP contribution in [0.3, 0.4) is 0 Å². The molecule has 1 amide bonds. The third kappa shape index (κ3) is 1.80. The Morgan fingerprint density at radius 3 is 3.11 bits per heavy atom. The molecule has 2 aliphatic heterocycles. The number of nitrogens with one attached hydrogen (secondary N) is 1. The maximum atomic E-state index is 11.7. The number of nitrogens with zero attached hydrogens (tertiary/aromatic N) is 2. The zero-order chi connectivity index (χ0) is 12.7. The summed E-state index contributed by atoms with van der Waals surface area (Å²) in [5.41, 5.74) is 0. The lowest BCUT2D eigenvalue weighted by atomic mass is 9.92. The molecule has 0 aliphatic carbocycles. The molecule has 2 atom stereocenters. The molecule has 2 fully saturated rings. The second-order valence-corrected chi connectivity index (χ2v) is 5.89. The number of carbonyl (C=O) groups is 2. The van der Waals surface area contributed by atoms with Crippen LogP contribution < -0.4 is 10.2 Å². The topological polar surface area (TPSA) is 62.3 Å². The molecule has 0 aromatic carbocycles. The molecule has 2 aliphatic rings. The van der Waals surface area contributed by atoms with E-state index in [2.05, 4.69) is 15.2 Å². The highest BCUT2D eigenvalue weighted by molar-refractivity contribution is 7.17. The lowest BCUT2D eigenvalue weighted by molar-refractivity contribution is -0.122. The Labute approximate surface area is 113 Å². The predicted molar refractivity (Wildman–Crippen MR) is 69.4 cm³/mol. The Hall–Kier alpha value is -1.14. The van der Waals surface area contributed by atoms with Crippen LogP contribution in [0.4, 0.5) is 5.13 Å². The van der Waals surface area contributed by atoms with Crippen LogP contribution in [0.5, 0.6) is 0 Å². The third-order valence-electron chi connectivity index (χ3n) is 3.55. The van der Waals surface area contributed by atoms with E-state index in [0.29, 0.717) is 11.4 Å². The molecule has 0 bridgehead atoms. The van der Waals surface area contributed by atoms with Gasteiger partial charge in [-0.05, 0) is 12.8 Å². The minimum Gasteiger partial charge on any atom is -0.354 e. The van der Waals surface area contributed by atoms with Crippen LogP contribution in [-0.4, -0.2) is 36.3 Å². The number of aldehydes is 1. The number of rotatable bonds is 2. The van der Waals surface area contributed by atoms with Crippen molar-refractivity contribution in [2.75, 3.05) is 18.0 Å². The summed E-state index contributed by atoms with van der Waals surface area (Å²) in [7, 11) is 0. The number of anilines is 1.